The molecule has 0 N–H and O–H groups in total. The molecule has 1 heterocycles. The Morgan fingerprint density at radius 1 is 1.10 bits per heavy atom. The summed E-state index contributed by atoms with van der Waals surface area (Å²) in [6.45, 7) is 1.96. The molecule has 3 rings (SSSR count). The maximum absolute atomic E-state index is 13.1. The Balaban J connectivity index is 2.25. The molecule has 0 amide bonds. The average molecular weight is 278 g/mol. The number of nitrogens with zero attached hydrogens (tertiary/aromatic N) is 4. The van der Waals surface area contributed by atoms with Crippen LogP contribution in [0.15, 0.2) is 48.5 Å². The SMILES string of the molecule is Cc1ccccc1-c1c(C#N)nnn1-c1ccc(F)cc1. The van der Waals surface area contributed by atoms with Crippen molar-refractivity contribution in [3.8, 4) is 23.0 Å². The van der Waals surface area contributed by atoms with E-state index in [4.69, 9.17) is 0 Å². The molecule has 0 saturated carbocycles. The number of hydrogen-bond acceptors (Lipinski definition) is 3. The Labute approximate surface area is 121 Å². The van der Waals surface area contributed by atoms with Gasteiger partial charge in [0, 0.05) is 5.56 Å². The highest BCUT2D eigenvalue weighted by Crippen LogP contribution is 2.27. The molecule has 0 bridgehead atoms. The van der Waals surface area contributed by atoms with E-state index in [2.05, 4.69) is 16.4 Å². The van der Waals surface area contributed by atoms with Gasteiger partial charge in [-0.25, -0.2) is 9.07 Å². The van der Waals surface area contributed by atoms with Gasteiger partial charge in [-0.3, -0.25) is 0 Å². The first-order valence-corrected chi connectivity index (χ1v) is 6.38. The first-order valence-electron chi connectivity index (χ1n) is 6.38. The Kier molecular flexibility index (Phi) is 3.20. The van der Waals surface area contributed by atoms with E-state index in [9.17, 15) is 9.65 Å². The number of nitriles is 1. The highest BCUT2D eigenvalue weighted by molar-refractivity contribution is 5.69. The van der Waals surface area contributed by atoms with Crippen LogP contribution in [0.5, 0.6) is 0 Å². The van der Waals surface area contributed by atoms with Gasteiger partial charge in [0.05, 0.1) is 5.69 Å². The fourth-order valence-electron chi connectivity index (χ4n) is 2.20. The molecular formula is C16H11FN4. The zero-order valence-electron chi connectivity index (χ0n) is 11.3. The zero-order chi connectivity index (χ0) is 14.8. The lowest BCUT2D eigenvalue weighted by molar-refractivity contribution is 0.627. The monoisotopic (exact) mass is 278 g/mol. The van der Waals surface area contributed by atoms with E-state index >= 15 is 0 Å². The molecule has 0 unspecified atom stereocenters. The molecule has 102 valence electrons. The topological polar surface area (TPSA) is 54.5 Å². The molecule has 0 radical (unpaired) electrons. The van der Waals surface area contributed by atoms with Gasteiger partial charge in [0.1, 0.15) is 17.6 Å². The van der Waals surface area contributed by atoms with E-state index in [0.29, 0.717) is 11.4 Å². The summed E-state index contributed by atoms with van der Waals surface area (Å²) in [6.07, 6.45) is 0. The van der Waals surface area contributed by atoms with Gasteiger partial charge in [-0.05, 0) is 36.8 Å². The van der Waals surface area contributed by atoms with Crippen molar-refractivity contribution < 1.29 is 4.39 Å². The van der Waals surface area contributed by atoms with E-state index in [1.807, 2.05) is 31.2 Å². The Morgan fingerprint density at radius 2 is 1.81 bits per heavy atom. The van der Waals surface area contributed by atoms with Gasteiger partial charge in [-0.1, -0.05) is 29.5 Å². The molecule has 3 aromatic rings. The molecule has 0 aliphatic rings. The molecule has 0 aliphatic carbocycles. The van der Waals surface area contributed by atoms with Gasteiger partial charge < -0.3 is 0 Å². The molecule has 1 aromatic heterocycles. The standard InChI is InChI=1S/C16H11FN4/c1-11-4-2-3-5-14(11)16-15(10-18)19-20-21(16)13-8-6-12(17)7-9-13/h2-9H,1H3. The van der Waals surface area contributed by atoms with Gasteiger partial charge in [0.25, 0.3) is 0 Å². The number of rotatable bonds is 2. The number of halogens is 1. The van der Waals surface area contributed by atoms with Crippen LogP contribution >= 0.6 is 0 Å². The van der Waals surface area contributed by atoms with Crippen LogP contribution in [0.3, 0.4) is 0 Å². The second kappa shape index (κ2) is 5.17. The summed E-state index contributed by atoms with van der Waals surface area (Å²) < 4.78 is 14.6. The summed E-state index contributed by atoms with van der Waals surface area (Å²) in [4.78, 5) is 0. The normalized spacial score (nSPS) is 10.3. The molecule has 0 fully saturated rings. The van der Waals surface area contributed by atoms with E-state index < -0.39 is 0 Å². The van der Waals surface area contributed by atoms with E-state index in [1.54, 1.807) is 16.8 Å². The average Bonchev–Trinajstić information content (AvgIpc) is 2.92. The highest BCUT2D eigenvalue weighted by Gasteiger charge is 2.17. The Morgan fingerprint density at radius 3 is 2.48 bits per heavy atom. The van der Waals surface area contributed by atoms with Crippen LogP contribution in [0.2, 0.25) is 0 Å². The molecule has 2 aromatic carbocycles. The summed E-state index contributed by atoms with van der Waals surface area (Å²) in [5, 5.41) is 17.2. The first kappa shape index (κ1) is 13.0. The molecule has 0 atom stereocenters. The summed E-state index contributed by atoms with van der Waals surface area (Å²) in [6, 6.07) is 15.7. The van der Waals surface area contributed by atoms with Gasteiger partial charge in [0.2, 0.25) is 0 Å². The first-order chi connectivity index (χ1) is 10.2. The number of aromatic nitrogens is 3. The smallest absolute Gasteiger partial charge is 0.191 e. The van der Waals surface area contributed by atoms with Gasteiger partial charge >= 0.3 is 0 Å². The lowest BCUT2D eigenvalue weighted by Crippen LogP contribution is -2.00. The quantitative estimate of drug-likeness (QED) is 0.723. The van der Waals surface area contributed by atoms with Crippen molar-refractivity contribution in [3.63, 3.8) is 0 Å². The fraction of sp³-hybridized carbons (Fsp3) is 0.0625. The third kappa shape index (κ3) is 2.28. The van der Waals surface area contributed by atoms with Crippen LogP contribution in [0.25, 0.3) is 16.9 Å². The molecule has 0 spiro atoms. The largest absolute Gasteiger partial charge is 0.211 e. The van der Waals surface area contributed by atoms with Crippen molar-refractivity contribution in [2.45, 2.75) is 6.92 Å². The molecule has 4 nitrogen and oxygen atoms in total. The van der Waals surface area contributed by atoms with Crippen LogP contribution in [-0.4, -0.2) is 15.0 Å². The number of benzene rings is 2. The van der Waals surface area contributed by atoms with Crippen LogP contribution in [0, 0.1) is 24.1 Å². The van der Waals surface area contributed by atoms with Crippen LogP contribution in [0.1, 0.15) is 11.3 Å². The fourth-order valence-corrected chi connectivity index (χ4v) is 2.20. The molecule has 5 heteroatoms. The minimum absolute atomic E-state index is 0.244. The lowest BCUT2D eigenvalue weighted by Gasteiger charge is -2.09. The van der Waals surface area contributed by atoms with Crippen molar-refractivity contribution in [1.29, 1.82) is 5.26 Å². The van der Waals surface area contributed by atoms with Crippen molar-refractivity contribution in [2.75, 3.05) is 0 Å². The zero-order valence-corrected chi connectivity index (χ0v) is 11.3. The van der Waals surface area contributed by atoms with Crippen molar-refractivity contribution in [2.24, 2.45) is 0 Å². The predicted molar refractivity (Wildman–Crippen MR) is 76.2 cm³/mol. The second-order valence-corrected chi connectivity index (χ2v) is 4.60. The highest BCUT2D eigenvalue weighted by atomic mass is 19.1. The van der Waals surface area contributed by atoms with Crippen LogP contribution in [0.4, 0.5) is 4.39 Å². The van der Waals surface area contributed by atoms with E-state index in [0.717, 1.165) is 11.1 Å². The van der Waals surface area contributed by atoms with E-state index in [1.165, 1.54) is 12.1 Å². The van der Waals surface area contributed by atoms with E-state index in [-0.39, 0.29) is 11.5 Å². The third-order valence-electron chi connectivity index (χ3n) is 3.25. The minimum atomic E-state index is -0.322. The molecule has 0 saturated heterocycles. The summed E-state index contributed by atoms with van der Waals surface area (Å²) in [5.74, 6) is -0.322. The summed E-state index contributed by atoms with van der Waals surface area (Å²) in [5.41, 5.74) is 3.41. The Bertz CT molecular complexity index is 828. The molecular weight excluding hydrogens is 267 g/mol. The number of hydrogen-bond donors (Lipinski definition) is 0. The maximum atomic E-state index is 13.1. The van der Waals surface area contributed by atoms with Crippen molar-refractivity contribution in [3.05, 3.63) is 65.6 Å². The minimum Gasteiger partial charge on any atom is -0.211 e. The van der Waals surface area contributed by atoms with Crippen LogP contribution in [-0.2, 0) is 0 Å². The molecule has 0 aliphatic heterocycles. The van der Waals surface area contributed by atoms with Crippen LogP contribution < -0.4 is 0 Å². The summed E-state index contributed by atoms with van der Waals surface area (Å²) in [7, 11) is 0. The summed E-state index contributed by atoms with van der Waals surface area (Å²) >= 11 is 0. The van der Waals surface area contributed by atoms with Crippen molar-refractivity contribution in [1.82, 2.24) is 15.0 Å². The second-order valence-electron chi connectivity index (χ2n) is 4.60. The van der Waals surface area contributed by atoms with Gasteiger partial charge in [0.15, 0.2) is 5.69 Å². The Hall–Kier alpha value is -3.00. The maximum Gasteiger partial charge on any atom is 0.191 e. The van der Waals surface area contributed by atoms with Crippen molar-refractivity contribution >= 4 is 0 Å². The lowest BCUT2D eigenvalue weighted by atomic mass is 10.0. The number of aryl methyl sites for hydroxylation is 1. The predicted octanol–water partition coefficient (Wildman–Crippen LogP) is 3.25. The van der Waals surface area contributed by atoms with Gasteiger partial charge in [-0.2, -0.15) is 5.26 Å². The molecule has 21 heavy (non-hydrogen) atoms. The van der Waals surface area contributed by atoms with Gasteiger partial charge in [-0.15, -0.1) is 5.10 Å². The third-order valence-corrected chi connectivity index (χ3v) is 3.25.